The van der Waals surface area contributed by atoms with Crippen LogP contribution >= 0.6 is 11.6 Å². The fourth-order valence-corrected chi connectivity index (χ4v) is 2.55. The van der Waals surface area contributed by atoms with Crippen LogP contribution in [0.25, 0.3) is 11.4 Å². The second-order valence-electron chi connectivity index (χ2n) is 5.72. The van der Waals surface area contributed by atoms with Crippen LogP contribution in [0.4, 0.5) is 0 Å². The molecular weight excluding hydrogens is 350 g/mol. The first-order valence-corrected chi connectivity index (χ1v) is 8.64. The maximum absolute atomic E-state index is 5.90. The summed E-state index contributed by atoms with van der Waals surface area (Å²) < 4.78 is 5.29. The smallest absolute Gasteiger partial charge is 0.246 e. The summed E-state index contributed by atoms with van der Waals surface area (Å²) in [7, 11) is 1.72. The van der Waals surface area contributed by atoms with Crippen molar-refractivity contribution < 1.29 is 4.52 Å². The first kappa shape index (κ1) is 17.9. The molecule has 26 heavy (non-hydrogen) atoms. The van der Waals surface area contributed by atoms with Crippen LogP contribution in [-0.4, -0.2) is 23.1 Å². The fraction of sp³-hybridized carbons (Fsp3) is 0.211. The lowest BCUT2D eigenvalue weighted by molar-refractivity contribution is 0.375. The molecule has 7 heteroatoms. The van der Waals surface area contributed by atoms with Gasteiger partial charge in [-0.15, -0.1) is 0 Å². The molecule has 0 aliphatic heterocycles. The number of aliphatic imine (C=N–C) groups is 1. The Balaban J connectivity index is 1.58. The fourth-order valence-electron chi connectivity index (χ4n) is 2.43. The van der Waals surface area contributed by atoms with Crippen molar-refractivity contribution in [1.29, 1.82) is 0 Å². The van der Waals surface area contributed by atoms with E-state index in [9.17, 15) is 0 Å². The monoisotopic (exact) mass is 369 g/mol. The predicted octanol–water partition coefficient (Wildman–Crippen LogP) is 3.82. The number of nitrogens with zero attached hydrogens (tertiary/aromatic N) is 3. The number of nitrogens with one attached hydrogen (secondary N) is 2. The van der Waals surface area contributed by atoms with Gasteiger partial charge < -0.3 is 15.2 Å². The molecule has 0 spiro atoms. The topological polar surface area (TPSA) is 75.3 Å². The normalized spacial score (nSPS) is 12.7. The molecule has 1 atom stereocenters. The van der Waals surface area contributed by atoms with Gasteiger partial charge in [0.15, 0.2) is 5.96 Å². The summed E-state index contributed by atoms with van der Waals surface area (Å²) >= 11 is 5.90. The first-order chi connectivity index (χ1) is 12.7. The number of aromatic nitrogens is 2. The Morgan fingerprint density at radius 2 is 1.88 bits per heavy atom. The molecule has 0 bridgehead atoms. The molecule has 0 radical (unpaired) electrons. The van der Waals surface area contributed by atoms with Gasteiger partial charge in [0.25, 0.3) is 0 Å². The van der Waals surface area contributed by atoms with E-state index in [4.69, 9.17) is 16.1 Å². The van der Waals surface area contributed by atoms with Crippen LogP contribution in [0.2, 0.25) is 5.02 Å². The zero-order valence-corrected chi connectivity index (χ0v) is 15.4. The Morgan fingerprint density at radius 1 is 1.15 bits per heavy atom. The quantitative estimate of drug-likeness (QED) is 0.528. The van der Waals surface area contributed by atoms with Crippen LogP contribution in [0.15, 0.2) is 64.1 Å². The number of benzene rings is 2. The molecule has 2 N–H and O–H groups in total. The highest BCUT2D eigenvalue weighted by molar-refractivity contribution is 6.30. The predicted molar refractivity (Wildman–Crippen MR) is 103 cm³/mol. The minimum Gasteiger partial charge on any atom is -0.350 e. The van der Waals surface area contributed by atoms with Gasteiger partial charge in [0, 0.05) is 17.6 Å². The Hall–Kier alpha value is -2.86. The van der Waals surface area contributed by atoms with E-state index in [0.717, 1.165) is 5.56 Å². The van der Waals surface area contributed by atoms with Gasteiger partial charge in [0.2, 0.25) is 11.7 Å². The number of halogens is 1. The van der Waals surface area contributed by atoms with E-state index in [1.54, 1.807) is 19.2 Å². The summed E-state index contributed by atoms with van der Waals surface area (Å²) in [5.74, 6) is 1.66. The average molecular weight is 370 g/mol. The SMILES string of the molecule is CN=C(NCc1nc(-c2ccc(Cl)cc2)no1)NC(C)c1ccccc1. The van der Waals surface area contributed by atoms with Crippen LogP contribution in [-0.2, 0) is 6.54 Å². The lowest BCUT2D eigenvalue weighted by Gasteiger charge is -2.17. The largest absolute Gasteiger partial charge is 0.350 e. The van der Waals surface area contributed by atoms with Crippen LogP contribution in [0.5, 0.6) is 0 Å². The molecule has 0 saturated heterocycles. The molecule has 0 amide bonds. The van der Waals surface area contributed by atoms with E-state index in [1.165, 1.54) is 5.56 Å². The van der Waals surface area contributed by atoms with Crippen molar-refractivity contribution in [2.75, 3.05) is 7.05 Å². The Morgan fingerprint density at radius 3 is 2.58 bits per heavy atom. The van der Waals surface area contributed by atoms with Crippen molar-refractivity contribution >= 4 is 17.6 Å². The van der Waals surface area contributed by atoms with Gasteiger partial charge in [-0.05, 0) is 36.8 Å². The highest BCUT2D eigenvalue weighted by atomic mass is 35.5. The third-order valence-electron chi connectivity index (χ3n) is 3.85. The lowest BCUT2D eigenvalue weighted by Crippen LogP contribution is -2.38. The van der Waals surface area contributed by atoms with Gasteiger partial charge in [0.05, 0.1) is 12.6 Å². The average Bonchev–Trinajstić information content (AvgIpc) is 3.15. The zero-order chi connectivity index (χ0) is 18.4. The van der Waals surface area contributed by atoms with Crippen LogP contribution < -0.4 is 10.6 Å². The summed E-state index contributed by atoms with van der Waals surface area (Å²) in [5, 5.41) is 11.2. The van der Waals surface area contributed by atoms with Crippen molar-refractivity contribution in [3.05, 3.63) is 71.1 Å². The minimum atomic E-state index is 0.120. The zero-order valence-electron chi connectivity index (χ0n) is 14.6. The van der Waals surface area contributed by atoms with Gasteiger partial charge >= 0.3 is 0 Å². The first-order valence-electron chi connectivity index (χ1n) is 8.26. The molecule has 0 fully saturated rings. The Bertz CT molecular complexity index is 861. The summed E-state index contributed by atoms with van der Waals surface area (Å²) in [6, 6.07) is 17.6. The second kappa shape index (κ2) is 8.49. The molecule has 1 aromatic heterocycles. The van der Waals surface area contributed by atoms with Crippen molar-refractivity contribution in [3.63, 3.8) is 0 Å². The Labute approximate surface area is 157 Å². The van der Waals surface area contributed by atoms with Crippen molar-refractivity contribution in [2.45, 2.75) is 19.5 Å². The minimum absolute atomic E-state index is 0.120. The third kappa shape index (κ3) is 4.61. The molecule has 1 unspecified atom stereocenters. The Kier molecular flexibility index (Phi) is 5.86. The molecule has 3 rings (SSSR count). The van der Waals surface area contributed by atoms with E-state index in [1.807, 2.05) is 30.3 Å². The highest BCUT2D eigenvalue weighted by Gasteiger charge is 2.11. The molecule has 6 nitrogen and oxygen atoms in total. The van der Waals surface area contributed by atoms with Crippen LogP contribution in [0.3, 0.4) is 0 Å². The summed E-state index contributed by atoms with van der Waals surface area (Å²) in [6.45, 7) is 2.45. The molecule has 0 aliphatic carbocycles. The summed E-state index contributed by atoms with van der Waals surface area (Å²) in [4.78, 5) is 8.62. The molecule has 3 aromatic rings. The number of hydrogen-bond donors (Lipinski definition) is 2. The number of rotatable bonds is 5. The van der Waals surface area contributed by atoms with Crippen LogP contribution in [0.1, 0.15) is 24.4 Å². The van der Waals surface area contributed by atoms with Gasteiger partial charge in [-0.1, -0.05) is 47.1 Å². The van der Waals surface area contributed by atoms with Gasteiger partial charge in [0.1, 0.15) is 0 Å². The maximum atomic E-state index is 5.90. The lowest BCUT2D eigenvalue weighted by atomic mass is 10.1. The standard InChI is InChI=1S/C19H20ClN5O/c1-13(14-6-4-3-5-7-14)23-19(21-2)22-12-17-24-18(25-26-17)15-8-10-16(20)11-9-15/h3-11,13H,12H2,1-2H3,(H2,21,22,23). The van der Waals surface area contributed by atoms with E-state index >= 15 is 0 Å². The third-order valence-corrected chi connectivity index (χ3v) is 4.11. The molecule has 134 valence electrons. The van der Waals surface area contributed by atoms with E-state index in [0.29, 0.717) is 29.2 Å². The van der Waals surface area contributed by atoms with Crippen LogP contribution in [0, 0.1) is 0 Å². The number of hydrogen-bond acceptors (Lipinski definition) is 4. The van der Waals surface area contributed by atoms with E-state index < -0.39 is 0 Å². The summed E-state index contributed by atoms with van der Waals surface area (Å²) in [5.41, 5.74) is 2.03. The highest BCUT2D eigenvalue weighted by Crippen LogP contribution is 2.18. The van der Waals surface area contributed by atoms with Crippen molar-refractivity contribution in [2.24, 2.45) is 4.99 Å². The molecule has 0 aliphatic rings. The van der Waals surface area contributed by atoms with Crippen molar-refractivity contribution in [3.8, 4) is 11.4 Å². The van der Waals surface area contributed by atoms with Gasteiger partial charge in [-0.25, -0.2) is 0 Å². The summed E-state index contributed by atoms with van der Waals surface area (Å²) in [6.07, 6.45) is 0. The maximum Gasteiger partial charge on any atom is 0.246 e. The molecule has 2 aromatic carbocycles. The van der Waals surface area contributed by atoms with Gasteiger partial charge in [-0.2, -0.15) is 4.98 Å². The molecule has 1 heterocycles. The molecule has 0 saturated carbocycles. The van der Waals surface area contributed by atoms with Gasteiger partial charge in [-0.3, -0.25) is 4.99 Å². The number of guanidine groups is 1. The van der Waals surface area contributed by atoms with E-state index in [-0.39, 0.29) is 6.04 Å². The molecular formula is C19H20ClN5O. The second-order valence-corrected chi connectivity index (χ2v) is 6.16. The van der Waals surface area contributed by atoms with Crippen molar-refractivity contribution in [1.82, 2.24) is 20.8 Å². The van der Waals surface area contributed by atoms with E-state index in [2.05, 4.69) is 44.8 Å².